The van der Waals surface area contributed by atoms with Gasteiger partial charge in [-0.25, -0.2) is 0 Å². The lowest BCUT2D eigenvalue weighted by atomic mass is 10.0. The number of carbonyl (C=O) groups excluding carboxylic acids is 1. The molecule has 1 atom stereocenters. The molecule has 0 saturated heterocycles. The van der Waals surface area contributed by atoms with E-state index >= 15 is 0 Å². The Bertz CT molecular complexity index is 635. The molecule has 0 aliphatic carbocycles. The number of amides is 1. The van der Waals surface area contributed by atoms with Crippen LogP contribution in [0.1, 0.15) is 56.1 Å². The van der Waals surface area contributed by atoms with Crippen molar-refractivity contribution in [3.8, 4) is 0 Å². The highest BCUT2D eigenvalue weighted by Crippen LogP contribution is 2.19. The van der Waals surface area contributed by atoms with Crippen molar-refractivity contribution in [2.24, 2.45) is 0 Å². The molecule has 1 unspecified atom stereocenters. The maximum atomic E-state index is 12.0. The number of hydrogen-bond donors (Lipinski definition) is 2. The number of nitrogens with one attached hydrogen (secondary N) is 2. The van der Waals surface area contributed by atoms with Gasteiger partial charge in [0.15, 0.2) is 11.5 Å². The second-order valence-corrected chi connectivity index (χ2v) is 5.99. The molecule has 1 heterocycles. The van der Waals surface area contributed by atoms with E-state index in [0.717, 1.165) is 12.1 Å². The van der Waals surface area contributed by atoms with Crippen molar-refractivity contribution in [2.45, 2.75) is 46.1 Å². The number of anilines is 2. The average molecular weight is 312 g/mol. The first-order valence-electron chi connectivity index (χ1n) is 8.01. The van der Waals surface area contributed by atoms with Crippen LogP contribution in [0.25, 0.3) is 0 Å². The molecule has 23 heavy (non-hydrogen) atoms. The zero-order valence-electron chi connectivity index (χ0n) is 14.1. The van der Waals surface area contributed by atoms with Crippen LogP contribution in [-0.2, 0) is 0 Å². The van der Waals surface area contributed by atoms with Gasteiger partial charge in [-0.1, -0.05) is 32.9 Å². The van der Waals surface area contributed by atoms with Crippen molar-refractivity contribution in [1.82, 2.24) is 15.5 Å². The molecule has 122 valence electrons. The molecule has 5 nitrogen and oxygen atoms in total. The van der Waals surface area contributed by atoms with E-state index in [1.54, 1.807) is 12.1 Å². The summed E-state index contributed by atoms with van der Waals surface area (Å²) < 4.78 is 0. The Kier molecular flexibility index (Phi) is 5.68. The van der Waals surface area contributed by atoms with Crippen LogP contribution in [0.3, 0.4) is 0 Å². The van der Waals surface area contributed by atoms with Crippen LogP contribution in [0.5, 0.6) is 0 Å². The van der Waals surface area contributed by atoms with Crippen molar-refractivity contribution in [3.63, 3.8) is 0 Å². The Morgan fingerprint density at radius 1 is 1.04 bits per heavy atom. The van der Waals surface area contributed by atoms with Gasteiger partial charge in [-0.3, -0.25) is 4.79 Å². The van der Waals surface area contributed by atoms with Gasteiger partial charge in [0.1, 0.15) is 0 Å². The van der Waals surface area contributed by atoms with Gasteiger partial charge in [0, 0.05) is 11.7 Å². The predicted molar refractivity (Wildman–Crippen MR) is 93.1 cm³/mol. The van der Waals surface area contributed by atoms with Crippen LogP contribution >= 0.6 is 0 Å². The third kappa shape index (κ3) is 4.77. The van der Waals surface area contributed by atoms with E-state index in [2.05, 4.69) is 46.8 Å². The topological polar surface area (TPSA) is 66.9 Å². The van der Waals surface area contributed by atoms with E-state index in [9.17, 15) is 4.79 Å². The van der Waals surface area contributed by atoms with Crippen LogP contribution in [0.15, 0.2) is 36.4 Å². The monoisotopic (exact) mass is 312 g/mol. The van der Waals surface area contributed by atoms with Crippen molar-refractivity contribution in [3.05, 3.63) is 47.7 Å². The molecule has 0 saturated carbocycles. The molecule has 0 aliphatic rings. The lowest BCUT2D eigenvalue weighted by molar-refractivity contribution is 0.0933. The number of benzene rings is 1. The highest BCUT2D eigenvalue weighted by Gasteiger charge is 2.10. The summed E-state index contributed by atoms with van der Waals surface area (Å²) in [6.45, 7) is 8.31. The summed E-state index contributed by atoms with van der Waals surface area (Å²) in [4.78, 5) is 12.0. The molecule has 2 N–H and O–H groups in total. The van der Waals surface area contributed by atoms with Crippen molar-refractivity contribution in [2.75, 3.05) is 5.32 Å². The number of nitrogens with zero attached hydrogens (tertiary/aromatic N) is 2. The first-order chi connectivity index (χ1) is 11.0. The molecule has 1 amide bonds. The molecule has 0 radical (unpaired) electrons. The minimum atomic E-state index is -0.195. The van der Waals surface area contributed by atoms with E-state index in [-0.39, 0.29) is 11.9 Å². The van der Waals surface area contributed by atoms with E-state index in [4.69, 9.17) is 0 Å². The SMILES string of the molecule is CCC(C)NC(=O)c1ccc(Nc2ccc(C(C)C)cc2)nn1. The van der Waals surface area contributed by atoms with Gasteiger partial charge in [0.25, 0.3) is 5.91 Å². The summed E-state index contributed by atoms with van der Waals surface area (Å²) in [5.74, 6) is 0.925. The fourth-order valence-electron chi connectivity index (χ4n) is 2.02. The van der Waals surface area contributed by atoms with Crippen LogP contribution in [0.2, 0.25) is 0 Å². The summed E-state index contributed by atoms with van der Waals surface area (Å²) in [5.41, 5.74) is 2.56. The molecular formula is C18H24N4O. The molecule has 0 aliphatic heterocycles. The minimum absolute atomic E-state index is 0.126. The molecule has 2 aromatic rings. The highest BCUT2D eigenvalue weighted by atomic mass is 16.2. The molecule has 0 fully saturated rings. The summed E-state index contributed by atoms with van der Waals surface area (Å²) in [5, 5.41) is 14.1. The van der Waals surface area contributed by atoms with Crippen LogP contribution in [0, 0.1) is 0 Å². The normalized spacial score (nSPS) is 12.0. The Labute approximate surface area is 137 Å². The fourth-order valence-corrected chi connectivity index (χ4v) is 2.02. The standard InChI is InChI=1S/C18H24N4O/c1-5-13(4)19-18(23)16-10-11-17(22-21-16)20-15-8-6-14(7-9-15)12(2)3/h6-13H,5H2,1-4H3,(H,19,23)(H,20,22). The molecule has 0 spiro atoms. The highest BCUT2D eigenvalue weighted by molar-refractivity contribution is 5.92. The third-order valence-electron chi connectivity index (χ3n) is 3.74. The molecule has 1 aromatic heterocycles. The predicted octanol–water partition coefficient (Wildman–Crippen LogP) is 3.87. The number of rotatable bonds is 6. The van der Waals surface area contributed by atoms with Gasteiger partial charge < -0.3 is 10.6 Å². The van der Waals surface area contributed by atoms with Crippen LogP contribution < -0.4 is 10.6 Å². The van der Waals surface area contributed by atoms with Crippen LogP contribution in [0.4, 0.5) is 11.5 Å². The molecule has 0 bridgehead atoms. The maximum absolute atomic E-state index is 12.0. The van der Waals surface area contributed by atoms with Gasteiger partial charge in [-0.15, -0.1) is 10.2 Å². The number of carbonyl (C=O) groups is 1. The van der Waals surface area contributed by atoms with Crippen molar-refractivity contribution in [1.29, 1.82) is 0 Å². The Hall–Kier alpha value is -2.43. The zero-order chi connectivity index (χ0) is 16.8. The van der Waals surface area contributed by atoms with E-state index in [1.165, 1.54) is 5.56 Å². The average Bonchev–Trinajstić information content (AvgIpc) is 2.55. The second kappa shape index (κ2) is 7.72. The maximum Gasteiger partial charge on any atom is 0.272 e. The van der Waals surface area contributed by atoms with Gasteiger partial charge in [-0.2, -0.15) is 0 Å². The fraction of sp³-hybridized carbons (Fsp3) is 0.389. The van der Waals surface area contributed by atoms with E-state index in [0.29, 0.717) is 17.4 Å². The molecular weight excluding hydrogens is 288 g/mol. The number of aromatic nitrogens is 2. The molecule has 1 aromatic carbocycles. The largest absolute Gasteiger partial charge is 0.348 e. The summed E-state index contributed by atoms with van der Waals surface area (Å²) >= 11 is 0. The first kappa shape index (κ1) is 16.9. The summed E-state index contributed by atoms with van der Waals surface area (Å²) in [7, 11) is 0. The van der Waals surface area contributed by atoms with Gasteiger partial charge in [0.2, 0.25) is 0 Å². The van der Waals surface area contributed by atoms with E-state index in [1.807, 2.05) is 26.0 Å². The lowest BCUT2D eigenvalue weighted by Gasteiger charge is -2.11. The lowest BCUT2D eigenvalue weighted by Crippen LogP contribution is -2.32. The van der Waals surface area contributed by atoms with Gasteiger partial charge in [-0.05, 0) is 49.1 Å². The van der Waals surface area contributed by atoms with Crippen molar-refractivity contribution >= 4 is 17.4 Å². The summed E-state index contributed by atoms with van der Waals surface area (Å²) in [6.07, 6.45) is 0.880. The van der Waals surface area contributed by atoms with Crippen molar-refractivity contribution < 1.29 is 4.79 Å². The summed E-state index contributed by atoms with van der Waals surface area (Å²) in [6, 6.07) is 11.8. The smallest absolute Gasteiger partial charge is 0.272 e. The van der Waals surface area contributed by atoms with Crippen LogP contribution in [-0.4, -0.2) is 22.1 Å². The quantitative estimate of drug-likeness (QED) is 0.849. The zero-order valence-corrected chi connectivity index (χ0v) is 14.1. The first-order valence-corrected chi connectivity index (χ1v) is 8.01. The second-order valence-electron chi connectivity index (χ2n) is 5.99. The molecule has 5 heteroatoms. The Balaban J connectivity index is 2.00. The Morgan fingerprint density at radius 2 is 1.74 bits per heavy atom. The van der Waals surface area contributed by atoms with Gasteiger partial charge in [0.05, 0.1) is 0 Å². The van der Waals surface area contributed by atoms with E-state index < -0.39 is 0 Å². The Morgan fingerprint density at radius 3 is 2.26 bits per heavy atom. The minimum Gasteiger partial charge on any atom is -0.348 e. The van der Waals surface area contributed by atoms with Gasteiger partial charge >= 0.3 is 0 Å². The molecule has 2 rings (SSSR count). The third-order valence-corrected chi connectivity index (χ3v) is 3.74. The number of hydrogen-bond acceptors (Lipinski definition) is 4.